The zero-order chi connectivity index (χ0) is 28.6. The van der Waals surface area contributed by atoms with Crippen molar-refractivity contribution in [2.45, 2.75) is 130 Å². The van der Waals surface area contributed by atoms with Gasteiger partial charge in [-0.1, -0.05) is 54.5 Å². The van der Waals surface area contributed by atoms with Crippen LogP contribution in [0.2, 0.25) is 36.3 Å². The van der Waals surface area contributed by atoms with Crippen LogP contribution in [0.15, 0.2) is 18.2 Å². The Morgan fingerprint density at radius 2 is 1.35 bits per heavy atom. The molecule has 8 heteroatoms. The third-order valence-electron chi connectivity index (χ3n) is 8.64. The normalized spacial score (nSPS) is 20.7. The fraction of sp³-hybridized carbons (Fsp3) is 0.724. The Bertz CT molecular complexity index is 971. The highest BCUT2D eigenvalue weighted by Gasteiger charge is 2.48. The van der Waals surface area contributed by atoms with Gasteiger partial charge in [0.2, 0.25) is 16.6 Å². The van der Waals surface area contributed by atoms with Gasteiger partial charge in [0.25, 0.3) is 5.79 Å². The van der Waals surface area contributed by atoms with Gasteiger partial charge in [0.05, 0.1) is 0 Å². The average Bonchev–Trinajstić information content (AvgIpc) is 2.67. The van der Waals surface area contributed by atoms with Crippen molar-refractivity contribution < 1.29 is 27.9 Å². The number of ether oxygens (including phenoxy) is 2. The maximum absolute atomic E-state index is 11.9. The number of hydrogen-bond acceptors (Lipinski definition) is 6. The minimum atomic E-state index is -2.13. The summed E-state index contributed by atoms with van der Waals surface area (Å²) in [5.74, 6) is -0.366. The van der Waals surface area contributed by atoms with Gasteiger partial charge in [0.1, 0.15) is 11.5 Å². The lowest BCUT2D eigenvalue weighted by atomic mass is 9.74. The van der Waals surface area contributed by atoms with Crippen LogP contribution in [-0.2, 0) is 19.1 Å². The first-order valence-electron chi connectivity index (χ1n) is 13.5. The second kappa shape index (κ2) is 10.8. The highest BCUT2D eigenvalue weighted by Crippen LogP contribution is 2.49. The molecule has 2 unspecified atom stereocenters. The highest BCUT2D eigenvalue weighted by atomic mass is 28.4. The third-order valence-corrected chi connectivity index (χ3v) is 17.3. The smallest absolute Gasteiger partial charge is 0.305 e. The molecule has 1 fully saturated rings. The summed E-state index contributed by atoms with van der Waals surface area (Å²) in [6.45, 7) is 27.2. The first-order valence-corrected chi connectivity index (χ1v) is 19.3. The lowest BCUT2D eigenvalue weighted by Gasteiger charge is -2.44. The largest absolute Gasteiger partial charge is 0.543 e. The molecule has 0 aromatic heterocycles. The number of hydrogen-bond donors (Lipinski definition) is 0. The van der Waals surface area contributed by atoms with Crippen molar-refractivity contribution in [1.82, 2.24) is 0 Å². The Balaban J connectivity index is 2.49. The van der Waals surface area contributed by atoms with E-state index in [4.69, 9.17) is 18.3 Å². The molecule has 1 aliphatic rings. The Morgan fingerprint density at radius 3 is 1.78 bits per heavy atom. The maximum Gasteiger partial charge on any atom is 0.305 e. The number of carbonyl (C=O) groups excluding carboxylic acids is 2. The van der Waals surface area contributed by atoms with E-state index >= 15 is 0 Å². The minimum absolute atomic E-state index is 0.0419. The molecule has 0 saturated heterocycles. The van der Waals surface area contributed by atoms with Crippen molar-refractivity contribution >= 4 is 28.6 Å². The summed E-state index contributed by atoms with van der Waals surface area (Å²) < 4.78 is 24.8. The number of esters is 2. The first-order chi connectivity index (χ1) is 16.6. The summed E-state index contributed by atoms with van der Waals surface area (Å²) in [4.78, 5) is 23.8. The molecule has 0 spiro atoms. The summed E-state index contributed by atoms with van der Waals surface area (Å²) in [7, 11) is -4.15. The highest BCUT2D eigenvalue weighted by molar-refractivity contribution is 6.75. The third kappa shape index (κ3) is 7.40. The van der Waals surface area contributed by atoms with E-state index in [1.165, 1.54) is 13.8 Å². The summed E-state index contributed by atoms with van der Waals surface area (Å²) in [6.07, 6.45) is 1.86. The van der Waals surface area contributed by atoms with Crippen LogP contribution in [0.3, 0.4) is 0 Å². The zero-order valence-electron chi connectivity index (χ0n) is 25.5. The molecule has 1 aliphatic carbocycles. The van der Waals surface area contributed by atoms with Gasteiger partial charge >= 0.3 is 11.9 Å². The summed E-state index contributed by atoms with van der Waals surface area (Å²) in [6, 6.07) is 6.30. The van der Waals surface area contributed by atoms with Crippen LogP contribution in [0.4, 0.5) is 0 Å². The lowest BCUT2D eigenvalue weighted by Crippen LogP contribution is -2.48. The predicted molar refractivity (Wildman–Crippen MR) is 154 cm³/mol. The van der Waals surface area contributed by atoms with Crippen molar-refractivity contribution in [3.63, 3.8) is 0 Å². The van der Waals surface area contributed by atoms with Crippen LogP contribution in [0.25, 0.3) is 0 Å². The van der Waals surface area contributed by atoms with E-state index in [2.05, 4.69) is 85.9 Å². The summed E-state index contributed by atoms with van der Waals surface area (Å²) in [5, 5.41) is 0.127. The molecular weight excluding hydrogens is 500 g/mol. The second-order valence-corrected chi connectivity index (χ2v) is 23.2. The molecule has 2 atom stereocenters. The van der Waals surface area contributed by atoms with Gasteiger partial charge in [-0.2, -0.15) is 0 Å². The molecule has 1 aromatic carbocycles. The van der Waals surface area contributed by atoms with E-state index in [0.717, 1.165) is 17.1 Å². The van der Waals surface area contributed by atoms with E-state index < -0.39 is 34.4 Å². The Labute approximate surface area is 227 Å². The fourth-order valence-corrected chi connectivity index (χ4v) is 6.37. The van der Waals surface area contributed by atoms with Crippen LogP contribution < -0.4 is 8.85 Å². The maximum atomic E-state index is 11.9. The van der Waals surface area contributed by atoms with Gasteiger partial charge in [0, 0.05) is 32.3 Å². The molecule has 0 amide bonds. The summed E-state index contributed by atoms with van der Waals surface area (Å²) in [5.41, 5.74) is 1.14. The van der Waals surface area contributed by atoms with Gasteiger partial charge in [-0.25, -0.2) is 0 Å². The molecule has 6 nitrogen and oxygen atoms in total. The van der Waals surface area contributed by atoms with Crippen molar-refractivity contribution in [3.8, 4) is 11.5 Å². The monoisotopic (exact) mass is 550 g/mol. The van der Waals surface area contributed by atoms with Gasteiger partial charge in [-0.05, 0) is 66.7 Å². The van der Waals surface area contributed by atoms with Crippen molar-refractivity contribution in [2.24, 2.45) is 5.92 Å². The van der Waals surface area contributed by atoms with E-state index in [0.29, 0.717) is 19.3 Å². The van der Waals surface area contributed by atoms with Crippen LogP contribution in [-0.4, -0.2) is 34.4 Å². The van der Waals surface area contributed by atoms with E-state index in [1.54, 1.807) is 0 Å². The first kappa shape index (κ1) is 31.4. The van der Waals surface area contributed by atoms with Crippen LogP contribution in [0.1, 0.15) is 93.1 Å². The molecule has 210 valence electrons. The van der Waals surface area contributed by atoms with E-state index in [1.807, 2.05) is 6.92 Å². The van der Waals surface area contributed by atoms with Crippen LogP contribution >= 0.6 is 0 Å². The molecule has 2 rings (SSSR count). The van der Waals surface area contributed by atoms with Gasteiger partial charge in [-0.3, -0.25) is 9.59 Å². The van der Waals surface area contributed by atoms with Crippen LogP contribution in [0, 0.1) is 5.92 Å². The molecule has 37 heavy (non-hydrogen) atoms. The zero-order valence-corrected chi connectivity index (χ0v) is 27.5. The quantitative estimate of drug-likeness (QED) is 0.194. The molecule has 0 radical (unpaired) electrons. The number of carbonyl (C=O) groups is 2. The SMILES string of the molecule is CC(=O)OC1(OC(C)=O)CCC(c2ccc(O[Si](C)(C)C(C)(C)C)cc2O[Si](C)(C)C(C)(C)C)CC1C. The molecule has 1 saturated carbocycles. The lowest BCUT2D eigenvalue weighted by molar-refractivity contribution is -0.254. The topological polar surface area (TPSA) is 71.1 Å². The molecule has 0 N–H and O–H groups in total. The number of rotatable bonds is 7. The van der Waals surface area contributed by atoms with Gasteiger partial charge < -0.3 is 18.3 Å². The standard InChI is InChI=1S/C29H50O6Si2/c1-20-18-23(16-17-29(20,32-21(2)30)33-22(3)31)25-15-14-24(34-36(10,11)27(4,5)6)19-26(25)35-37(12,13)28(7,8)9/h14-15,19-20,23H,16-18H2,1-13H3. The minimum Gasteiger partial charge on any atom is -0.543 e. The molecule has 0 aliphatic heterocycles. The van der Waals surface area contributed by atoms with Crippen molar-refractivity contribution in [2.75, 3.05) is 0 Å². The molecule has 0 bridgehead atoms. The average molecular weight is 551 g/mol. The second-order valence-electron chi connectivity index (χ2n) is 13.8. The van der Waals surface area contributed by atoms with Crippen molar-refractivity contribution in [1.29, 1.82) is 0 Å². The van der Waals surface area contributed by atoms with Gasteiger partial charge in [-0.15, -0.1) is 0 Å². The Kier molecular flexibility index (Phi) is 9.13. The van der Waals surface area contributed by atoms with Crippen molar-refractivity contribution in [3.05, 3.63) is 23.8 Å². The Morgan fingerprint density at radius 1 is 0.865 bits per heavy atom. The summed E-state index contributed by atoms with van der Waals surface area (Å²) >= 11 is 0. The molecule has 1 aromatic rings. The predicted octanol–water partition coefficient (Wildman–Crippen LogP) is 8.18. The van der Waals surface area contributed by atoms with E-state index in [-0.39, 0.29) is 21.9 Å². The van der Waals surface area contributed by atoms with Gasteiger partial charge in [0.15, 0.2) is 0 Å². The molecule has 0 heterocycles. The molecular formula is C29H50O6Si2. The number of benzene rings is 1. The van der Waals surface area contributed by atoms with Crippen LogP contribution in [0.5, 0.6) is 11.5 Å². The van der Waals surface area contributed by atoms with E-state index in [9.17, 15) is 9.59 Å². The Hall–Kier alpha value is -1.81. The fourth-order valence-electron chi connectivity index (χ4n) is 4.32.